The van der Waals surface area contributed by atoms with Crippen molar-refractivity contribution >= 4 is 23.4 Å². The Bertz CT molecular complexity index is 444. The minimum absolute atomic E-state index is 0.164. The lowest BCUT2D eigenvalue weighted by atomic mass is 10.2. The molecule has 0 saturated heterocycles. The van der Waals surface area contributed by atoms with E-state index in [9.17, 15) is 4.79 Å². The summed E-state index contributed by atoms with van der Waals surface area (Å²) in [4.78, 5) is 13.2. The molecule has 0 heterocycles. The average molecular weight is 308 g/mol. The first-order valence-electron chi connectivity index (χ1n) is 7.51. The van der Waals surface area contributed by atoms with E-state index >= 15 is 0 Å². The van der Waals surface area contributed by atoms with E-state index in [0.717, 1.165) is 10.9 Å². The average Bonchev–Trinajstić information content (AvgIpc) is 2.99. The number of ether oxygens (including phenoxy) is 1. The molecule has 1 atom stereocenters. The Morgan fingerprint density at radius 1 is 1.38 bits per heavy atom. The predicted molar refractivity (Wildman–Crippen MR) is 87.7 cm³/mol. The summed E-state index contributed by atoms with van der Waals surface area (Å²) in [5.41, 5.74) is 6.59. The molecule has 1 aromatic carbocycles. The fourth-order valence-corrected chi connectivity index (χ4v) is 3.67. The molecule has 1 saturated carbocycles. The van der Waals surface area contributed by atoms with Gasteiger partial charge in [-0.1, -0.05) is 12.8 Å². The highest BCUT2D eigenvalue weighted by molar-refractivity contribution is 8.00. The van der Waals surface area contributed by atoms with Gasteiger partial charge < -0.3 is 15.8 Å². The number of nitrogens with one attached hydrogen (secondary N) is 1. The maximum atomic E-state index is 11.9. The number of methoxy groups -OCH3 is 1. The molecule has 0 radical (unpaired) electrons. The molecule has 3 N–H and O–H groups in total. The fourth-order valence-electron chi connectivity index (χ4n) is 2.43. The molecule has 116 valence electrons. The maximum Gasteiger partial charge on any atom is 0.241 e. The monoisotopic (exact) mass is 308 g/mol. The van der Waals surface area contributed by atoms with E-state index < -0.39 is 6.04 Å². The number of anilines is 1. The number of amides is 1. The summed E-state index contributed by atoms with van der Waals surface area (Å²) in [6.45, 7) is 0.492. The van der Waals surface area contributed by atoms with Gasteiger partial charge in [0, 0.05) is 29.5 Å². The van der Waals surface area contributed by atoms with Crippen molar-refractivity contribution in [2.24, 2.45) is 5.73 Å². The predicted octanol–water partition coefficient (Wildman–Crippen LogP) is 3.02. The van der Waals surface area contributed by atoms with Gasteiger partial charge in [-0.25, -0.2) is 0 Å². The van der Waals surface area contributed by atoms with Crippen molar-refractivity contribution in [3.63, 3.8) is 0 Å². The van der Waals surface area contributed by atoms with Crippen LogP contribution in [0.5, 0.6) is 0 Å². The van der Waals surface area contributed by atoms with Crippen LogP contribution >= 0.6 is 11.8 Å². The van der Waals surface area contributed by atoms with Crippen LogP contribution in [0.15, 0.2) is 29.2 Å². The number of thioether (sulfide) groups is 1. The van der Waals surface area contributed by atoms with Crippen LogP contribution in [0.25, 0.3) is 0 Å². The van der Waals surface area contributed by atoms with Gasteiger partial charge in [-0.05, 0) is 43.5 Å². The van der Waals surface area contributed by atoms with Gasteiger partial charge >= 0.3 is 0 Å². The summed E-state index contributed by atoms with van der Waals surface area (Å²) in [6, 6.07) is 7.49. The Labute approximate surface area is 130 Å². The van der Waals surface area contributed by atoms with Crippen LogP contribution in [0.4, 0.5) is 5.69 Å². The number of carbonyl (C=O) groups excluding carboxylic acids is 1. The lowest BCUT2D eigenvalue weighted by Gasteiger charge is -2.13. The zero-order valence-corrected chi connectivity index (χ0v) is 13.3. The molecule has 0 spiro atoms. The second kappa shape index (κ2) is 8.41. The topological polar surface area (TPSA) is 64.3 Å². The highest BCUT2D eigenvalue weighted by atomic mass is 32.2. The molecule has 1 aliphatic carbocycles. The molecule has 1 aliphatic rings. The lowest BCUT2D eigenvalue weighted by Crippen LogP contribution is -2.36. The van der Waals surface area contributed by atoms with Crippen molar-refractivity contribution in [3.8, 4) is 0 Å². The second-order valence-corrected chi connectivity index (χ2v) is 6.80. The summed E-state index contributed by atoms with van der Waals surface area (Å²) >= 11 is 1.94. The standard InChI is InChI=1S/C16H24N2O2S/c1-20-11-10-15(17)16(19)18-12-6-8-14(9-7-12)21-13-4-2-3-5-13/h6-9,13,15H,2-5,10-11,17H2,1H3,(H,18,19). The number of nitrogens with two attached hydrogens (primary N) is 1. The Kier molecular flexibility index (Phi) is 6.54. The largest absolute Gasteiger partial charge is 0.385 e. The van der Waals surface area contributed by atoms with Gasteiger partial charge in [-0.15, -0.1) is 11.8 Å². The van der Waals surface area contributed by atoms with Gasteiger partial charge in [0.05, 0.1) is 6.04 Å². The Balaban J connectivity index is 1.82. The first kappa shape index (κ1) is 16.3. The zero-order chi connectivity index (χ0) is 15.1. The SMILES string of the molecule is COCCC(N)C(=O)Nc1ccc(SC2CCCC2)cc1. The normalized spacial score (nSPS) is 16.9. The molecule has 5 heteroatoms. The summed E-state index contributed by atoms with van der Waals surface area (Å²) in [5, 5.41) is 3.60. The van der Waals surface area contributed by atoms with Gasteiger partial charge in [0.1, 0.15) is 0 Å². The number of hydrogen-bond donors (Lipinski definition) is 2. The van der Waals surface area contributed by atoms with Crippen molar-refractivity contribution in [1.29, 1.82) is 0 Å². The lowest BCUT2D eigenvalue weighted by molar-refractivity contribution is -0.117. The van der Waals surface area contributed by atoms with Crippen molar-refractivity contribution in [3.05, 3.63) is 24.3 Å². The van der Waals surface area contributed by atoms with Crippen LogP contribution in [0.2, 0.25) is 0 Å². The number of hydrogen-bond acceptors (Lipinski definition) is 4. The van der Waals surface area contributed by atoms with Crippen LogP contribution < -0.4 is 11.1 Å². The van der Waals surface area contributed by atoms with Gasteiger partial charge in [0.15, 0.2) is 0 Å². The molecule has 0 aliphatic heterocycles. The van der Waals surface area contributed by atoms with E-state index in [1.54, 1.807) is 7.11 Å². The number of rotatable bonds is 7. The van der Waals surface area contributed by atoms with Gasteiger partial charge in [-0.3, -0.25) is 4.79 Å². The number of carbonyl (C=O) groups is 1. The summed E-state index contributed by atoms with van der Waals surface area (Å²) < 4.78 is 4.93. The van der Waals surface area contributed by atoms with Gasteiger partial charge in [-0.2, -0.15) is 0 Å². The molecule has 4 nitrogen and oxygen atoms in total. The second-order valence-electron chi connectivity index (χ2n) is 5.43. The third-order valence-corrected chi connectivity index (χ3v) is 5.05. The first-order valence-corrected chi connectivity index (χ1v) is 8.39. The molecular weight excluding hydrogens is 284 g/mol. The summed E-state index contributed by atoms with van der Waals surface area (Å²) in [7, 11) is 1.60. The molecule has 1 amide bonds. The first-order chi connectivity index (χ1) is 10.2. The van der Waals surface area contributed by atoms with Crippen LogP contribution in [0.1, 0.15) is 32.1 Å². The van der Waals surface area contributed by atoms with Crippen molar-refractivity contribution in [2.75, 3.05) is 19.0 Å². The molecule has 1 fully saturated rings. The third-order valence-electron chi connectivity index (χ3n) is 3.70. The maximum absolute atomic E-state index is 11.9. The summed E-state index contributed by atoms with van der Waals surface area (Å²) in [5.74, 6) is -0.164. The Morgan fingerprint density at radius 2 is 2.05 bits per heavy atom. The van der Waals surface area contributed by atoms with Crippen LogP contribution in [-0.2, 0) is 9.53 Å². The van der Waals surface area contributed by atoms with E-state index in [1.807, 2.05) is 23.9 Å². The highest BCUT2D eigenvalue weighted by Crippen LogP contribution is 2.34. The van der Waals surface area contributed by atoms with Crippen molar-refractivity contribution in [1.82, 2.24) is 0 Å². The molecule has 2 rings (SSSR count). The summed E-state index contributed by atoms with van der Waals surface area (Å²) in [6.07, 6.45) is 5.86. The van der Waals surface area contributed by atoms with Crippen molar-refractivity contribution < 1.29 is 9.53 Å². The smallest absolute Gasteiger partial charge is 0.241 e. The molecule has 0 aromatic heterocycles. The van der Waals surface area contributed by atoms with Crippen LogP contribution in [0, 0.1) is 0 Å². The number of benzene rings is 1. The Hall–Kier alpha value is -1.04. The fraction of sp³-hybridized carbons (Fsp3) is 0.562. The van der Waals surface area contributed by atoms with Crippen LogP contribution in [0.3, 0.4) is 0 Å². The van der Waals surface area contributed by atoms with Gasteiger partial charge in [0.2, 0.25) is 5.91 Å². The molecule has 1 unspecified atom stereocenters. The molecule has 1 aromatic rings. The third kappa shape index (κ3) is 5.34. The minimum atomic E-state index is -0.530. The van der Waals surface area contributed by atoms with E-state index in [2.05, 4.69) is 17.4 Å². The van der Waals surface area contributed by atoms with Gasteiger partial charge in [0.25, 0.3) is 0 Å². The van der Waals surface area contributed by atoms with E-state index in [4.69, 9.17) is 10.5 Å². The van der Waals surface area contributed by atoms with E-state index in [-0.39, 0.29) is 5.91 Å². The van der Waals surface area contributed by atoms with E-state index in [1.165, 1.54) is 30.6 Å². The van der Waals surface area contributed by atoms with Crippen molar-refractivity contribution in [2.45, 2.75) is 48.3 Å². The highest BCUT2D eigenvalue weighted by Gasteiger charge is 2.16. The molecular formula is C16H24N2O2S. The zero-order valence-electron chi connectivity index (χ0n) is 12.5. The van der Waals surface area contributed by atoms with E-state index in [0.29, 0.717) is 13.0 Å². The molecule has 21 heavy (non-hydrogen) atoms. The van der Waals surface area contributed by atoms with Crippen LogP contribution in [-0.4, -0.2) is 30.9 Å². The molecule has 0 bridgehead atoms. The minimum Gasteiger partial charge on any atom is -0.385 e. The quantitative estimate of drug-likeness (QED) is 0.812. The Morgan fingerprint density at radius 3 is 2.67 bits per heavy atom.